The van der Waals surface area contributed by atoms with Gasteiger partial charge in [0.2, 0.25) is 0 Å². The summed E-state index contributed by atoms with van der Waals surface area (Å²) >= 11 is 0. The maximum Gasteiger partial charge on any atom is 0.184 e. The molecule has 0 amide bonds. The van der Waals surface area contributed by atoms with Gasteiger partial charge in [-0.3, -0.25) is 14.8 Å². The molecule has 0 saturated heterocycles. The number of aromatic nitrogens is 3. The topological polar surface area (TPSA) is 92.7 Å². The zero-order chi connectivity index (χ0) is 20.7. The number of aliphatic hydroxyl groups is 1. The molecule has 30 heavy (non-hydrogen) atoms. The maximum absolute atomic E-state index is 13.6. The van der Waals surface area contributed by atoms with Gasteiger partial charge in [0.05, 0.1) is 30.5 Å². The highest BCUT2D eigenvalue weighted by molar-refractivity contribution is 6.21. The Balaban J connectivity index is 1.75. The number of ketones is 1. The fourth-order valence-corrected chi connectivity index (χ4v) is 4.17. The van der Waals surface area contributed by atoms with Crippen molar-refractivity contribution in [3.63, 3.8) is 0 Å². The quantitative estimate of drug-likeness (QED) is 0.725. The van der Waals surface area contributed by atoms with Crippen LogP contribution in [0.25, 0.3) is 0 Å². The molecule has 0 bridgehead atoms. The number of nitrogens with zero attached hydrogens (tertiary/aromatic N) is 5. The second kappa shape index (κ2) is 7.38. The third kappa shape index (κ3) is 2.96. The number of benzene rings is 2. The molecule has 0 spiro atoms. The van der Waals surface area contributed by atoms with Crippen molar-refractivity contribution in [3.8, 4) is 0 Å². The number of aliphatic hydroxyl groups excluding tert-OH is 1. The fraction of sp³-hybridized carbons (Fsp3) is 0.227. The van der Waals surface area contributed by atoms with Crippen LogP contribution in [0.3, 0.4) is 0 Å². The third-order valence-corrected chi connectivity index (χ3v) is 5.51. The predicted octanol–water partition coefficient (Wildman–Crippen LogP) is 2.68. The lowest BCUT2D eigenvalue weighted by atomic mass is 9.79. The summed E-state index contributed by atoms with van der Waals surface area (Å²) in [5.74, 6) is -0.471. The Morgan fingerprint density at radius 2 is 2.00 bits per heavy atom. The van der Waals surface area contributed by atoms with Gasteiger partial charge in [-0.05, 0) is 23.8 Å². The predicted molar refractivity (Wildman–Crippen MR) is 109 cm³/mol. The average Bonchev–Trinajstić information content (AvgIpc) is 3.14. The molecule has 7 nitrogen and oxygen atoms in total. The summed E-state index contributed by atoms with van der Waals surface area (Å²) in [5, 5.41) is 13.7. The first kappa shape index (κ1) is 18.5. The van der Waals surface area contributed by atoms with Gasteiger partial charge in [0.15, 0.2) is 5.78 Å². The molecule has 2 unspecified atom stereocenters. The van der Waals surface area contributed by atoms with Crippen molar-refractivity contribution in [1.82, 2.24) is 14.8 Å². The first-order valence-corrected chi connectivity index (χ1v) is 9.66. The van der Waals surface area contributed by atoms with Gasteiger partial charge in [-0.15, -0.1) is 0 Å². The van der Waals surface area contributed by atoms with E-state index < -0.39 is 5.92 Å². The van der Waals surface area contributed by atoms with Crippen LogP contribution in [0.15, 0.2) is 58.8 Å². The first-order valence-electron chi connectivity index (χ1n) is 9.66. The van der Waals surface area contributed by atoms with E-state index in [1.54, 1.807) is 29.1 Å². The van der Waals surface area contributed by atoms with Crippen molar-refractivity contribution >= 4 is 23.4 Å². The van der Waals surface area contributed by atoms with Gasteiger partial charge in [-0.1, -0.05) is 24.3 Å². The molecular weight excluding hydrogens is 385 g/mol. The van der Waals surface area contributed by atoms with E-state index in [2.05, 4.69) is 20.1 Å². The highest BCUT2D eigenvalue weighted by atomic mass is 19.1. The lowest BCUT2D eigenvalue weighted by Crippen LogP contribution is -2.30. The molecular formula is C22H18FN5O2. The van der Waals surface area contributed by atoms with Crippen LogP contribution in [-0.4, -0.2) is 50.7 Å². The smallest absolute Gasteiger partial charge is 0.184 e. The van der Waals surface area contributed by atoms with Crippen LogP contribution in [0.5, 0.6) is 0 Å². The Hall–Kier alpha value is -3.52. The molecule has 5 rings (SSSR count). The van der Waals surface area contributed by atoms with Crippen LogP contribution < -0.4 is 0 Å². The van der Waals surface area contributed by atoms with Crippen molar-refractivity contribution < 1.29 is 14.3 Å². The summed E-state index contributed by atoms with van der Waals surface area (Å²) in [4.78, 5) is 26.3. The summed E-state index contributed by atoms with van der Waals surface area (Å²) in [6.45, 7) is 0.234. The first-order chi connectivity index (χ1) is 14.7. The van der Waals surface area contributed by atoms with Gasteiger partial charge < -0.3 is 5.11 Å². The lowest BCUT2D eigenvalue weighted by Gasteiger charge is -2.27. The van der Waals surface area contributed by atoms with Crippen molar-refractivity contribution in [3.05, 3.63) is 77.1 Å². The van der Waals surface area contributed by atoms with E-state index in [0.29, 0.717) is 28.4 Å². The highest BCUT2D eigenvalue weighted by Crippen LogP contribution is 2.42. The monoisotopic (exact) mass is 403 g/mol. The second-order valence-corrected chi connectivity index (χ2v) is 7.22. The SMILES string of the molecule is O=C1CN=C2c3c(cccc31)N=CC(c1ccc(F)cc1)C2c1ncnn1CCO. The van der Waals surface area contributed by atoms with Crippen molar-refractivity contribution in [1.29, 1.82) is 0 Å². The second-order valence-electron chi connectivity index (χ2n) is 7.22. The molecule has 3 heterocycles. The maximum atomic E-state index is 13.6. The fourth-order valence-electron chi connectivity index (χ4n) is 4.17. The van der Waals surface area contributed by atoms with Crippen LogP contribution in [-0.2, 0) is 6.54 Å². The standard InChI is InChI=1S/C22H18FN5O2/c23-14-6-4-13(5-7-14)16-10-24-17-3-1-2-15-18(30)11-25-21(19(15)17)20(16)22-26-12-27-28(22)8-9-29/h1-7,10,12,16,20,29H,8-9,11H2. The summed E-state index contributed by atoms with van der Waals surface area (Å²) in [7, 11) is 0. The summed E-state index contributed by atoms with van der Waals surface area (Å²) < 4.78 is 15.2. The molecule has 0 saturated carbocycles. The largest absolute Gasteiger partial charge is 0.394 e. The number of carbonyl (C=O) groups excluding carboxylic acids is 1. The van der Waals surface area contributed by atoms with E-state index in [1.165, 1.54) is 18.5 Å². The minimum Gasteiger partial charge on any atom is -0.394 e. The van der Waals surface area contributed by atoms with Crippen molar-refractivity contribution in [2.24, 2.45) is 9.98 Å². The number of carbonyl (C=O) groups is 1. The Kier molecular flexibility index (Phi) is 4.55. The molecule has 1 aromatic heterocycles. The van der Waals surface area contributed by atoms with Gasteiger partial charge in [-0.2, -0.15) is 5.10 Å². The van der Waals surface area contributed by atoms with Crippen LogP contribution in [0.1, 0.15) is 39.1 Å². The van der Waals surface area contributed by atoms with Crippen LogP contribution in [0.2, 0.25) is 0 Å². The average molecular weight is 403 g/mol. The molecule has 2 aliphatic heterocycles. The zero-order valence-electron chi connectivity index (χ0n) is 15.9. The van der Waals surface area contributed by atoms with Crippen molar-refractivity contribution in [2.45, 2.75) is 18.4 Å². The van der Waals surface area contributed by atoms with Gasteiger partial charge >= 0.3 is 0 Å². The molecule has 2 aliphatic rings. The lowest BCUT2D eigenvalue weighted by molar-refractivity contribution is 0.1000. The van der Waals surface area contributed by atoms with E-state index >= 15 is 0 Å². The molecule has 2 aromatic carbocycles. The third-order valence-electron chi connectivity index (χ3n) is 5.51. The molecule has 0 fully saturated rings. The summed E-state index contributed by atoms with van der Waals surface area (Å²) in [6, 6.07) is 11.7. The van der Waals surface area contributed by atoms with Crippen LogP contribution in [0.4, 0.5) is 10.1 Å². The van der Waals surface area contributed by atoms with E-state index in [9.17, 15) is 14.3 Å². The normalized spacial score (nSPS) is 19.9. The highest BCUT2D eigenvalue weighted by Gasteiger charge is 2.39. The Bertz CT molecular complexity index is 1180. The summed E-state index contributed by atoms with van der Waals surface area (Å²) in [6.07, 6.45) is 3.24. The molecule has 3 aromatic rings. The van der Waals surface area contributed by atoms with Gasteiger partial charge in [0.25, 0.3) is 0 Å². The Morgan fingerprint density at radius 3 is 2.80 bits per heavy atom. The van der Waals surface area contributed by atoms with E-state index in [1.807, 2.05) is 12.1 Å². The van der Waals surface area contributed by atoms with Crippen LogP contribution >= 0.6 is 0 Å². The van der Waals surface area contributed by atoms with Gasteiger partial charge in [0.1, 0.15) is 24.5 Å². The number of Topliss-reactive ketones (excluding diaryl/α,β-unsaturated/α-hetero) is 1. The van der Waals surface area contributed by atoms with Gasteiger partial charge in [0, 0.05) is 23.3 Å². The van der Waals surface area contributed by atoms with Crippen LogP contribution in [0, 0.1) is 5.82 Å². The molecule has 2 atom stereocenters. The minimum absolute atomic E-state index is 0.0482. The molecule has 1 N–H and O–H groups in total. The number of hydrogen-bond donors (Lipinski definition) is 1. The van der Waals surface area contributed by atoms with Crippen molar-refractivity contribution in [2.75, 3.05) is 13.2 Å². The zero-order valence-corrected chi connectivity index (χ0v) is 15.9. The Morgan fingerprint density at radius 1 is 1.17 bits per heavy atom. The number of halogens is 1. The van der Waals surface area contributed by atoms with E-state index in [-0.39, 0.29) is 37.2 Å². The summed E-state index contributed by atoms with van der Waals surface area (Å²) in [5.41, 5.74) is 3.52. The van der Waals surface area contributed by atoms with E-state index in [0.717, 1.165) is 5.56 Å². The molecule has 0 aliphatic carbocycles. The van der Waals surface area contributed by atoms with E-state index in [4.69, 9.17) is 0 Å². The number of hydrogen-bond acceptors (Lipinski definition) is 6. The number of aliphatic imine (C=N–C) groups is 2. The van der Waals surface area contributed by atoms with Gasteiger partial charge in [-0.25, -0.2) is 14.1 Å². The molecule has 0 radical (unpaired) electrons. The Labute approximate surface area is 171 Å². The number of rotatable bonds is 4. The molecule has 8 heteroatoms. The minimum atomic E-state index is -0.399. The molecule has 150 valence electrons.